The fourth-order valence-corrected chi connectivity index (χ4v) is 2.94. The highest BCUT2D eigenvalue weighted by molar-refractivity contribution is 6.03. The van der Waals surface area contributed by atoms with Gasteiger partial charge in [0.25, 0.3) is 5.91 Å². The molecule has 0 saturated carbocycles. The lowest BCUT2D eigenvalue weighted by Gasteiger charge is -2.14. The molecule has 1 unspecified atom stereocenters. The first-order chi connectivity index (χ1) is 11.4. The average Bonchev–Trinajstić information content (AvgIpc) is 2.84. The van der Waals surface area contributed by atoms with E-state index in [1.54, 1.807) is 6.92 Å². The van der Waals surface area contributed by atoms with Crippen LogP contribution in [-0.2, 0) is 11.3 Å². The number of aryl methyl sites for hydroxylation is 2. The number of nitrogens with zero attached hydrogens (tertiary/aromatic N) is 1. The first-order valence-corrected chi connectivity index (χ1v) is 8.23. The first kappa shape index (κ1) is 17.8. The van der Waals surface area contributed by atoms with Crippen molar-refractivity contribution in [2.75, 3.05) is 6.61 Å². The highest BCUT2D eigenvalue weighted by Crippen LogP contribution is 2.29. The molecule has 6 heteroatoms. The monoisotopic (exact) mass is 332 g/mol. The van der Waals surface area contributed by atoms with Gasteiger partial charge in [0.15, 0.2) is 0 Å². The minimum Gasteiger partial charge on any atom is -0.494 e. The predicted octanol–water partition coefficient (Wildman–Crippen LogP) is 2.96. The predicted molar refractivity (Wildman–Crippen MR) is 92.7 cm³/mol. The number of aromatic nitrogens is 1. The van der Waals surface area contributed by atoms with Gasteiger partial charge in [-0.2, -0.15) is 0 Å². The van der Waals surface area contributed by atoms with E-state index in [-0.39, 0.29) is 5.91 Å². The SMILES string of the molecule is CCOc1ccc2c(c1)c(C)c(C(=O)NC(CC)C(=O)O)n2CC. The molecule has 0 spiro atoms. The number of fused-ring (bicyclic) bond motifs is 1. The fraction of sp³-hybridized carbons (Fsp3) is 0.444. The van der Waals surface area contributed by atoms with Crippen LogP contribution in [0.5, 0.6) is 5.75 Å². The summed E-state index contributed by atoms with van der Waals surface area (Å²) in [5, 5.41) is 12.7. The molecule has 1 aromatic heterocycles. The summed E-state index contributed by atoms with van der Waals surface area (Å²) >= 11 is 0. The molecular weight excluding hydrogens is 308 g/mol. The molecule has 0 fully saturated rings. The van der Waals surface area contributed by atoms with Crippen molar-refractivity contribution in [1.82, 2.24) is 9.88 Å². The number of aliphatic carboxylic acids is 1. The number of nitrogens with one attached hydrogen (secondary N) is 1. The fourth-order valence-electron chi connectivity index (χ4n) is 2.94. The number of carbonyl (C=O) groups excluding carboxylic acids is 1. The van der Waals surface area contributed by atoms with Gasteiger partial charge in [0.05, 0.1) is 6.61 Å². The van der Waals surface area contributed by atoms with E-state index in [1.165, 1.54) is 0 Å². The van der Waals surface area contributed by atoms with Gasteiger partial charge in [-0.1, -0.05) is 6.92 Å². The molecule has 1 aromatic carbocycles. The Hall–Kier alpha value is -2.50. The Kier molecular flexibility index (Phi) is 5.49. The molecule has 1 heterocycles. The van der Waals surface area contributed by atoms with E-state index in [2.05, 4.69) is 5.32 Å². The molecular formula is C18H24N2O4. The third kappa shape index (κ3) is 3.22. The maximum atomic E-state index is 12.7. The van der Waals surface area contributed by atoms with Crippen LogP contribution < -0.4 is 10.1 Å². The summed E-state index contributed by atoms with van der Waals surface area (Å²) in [5.41, 5.74) is 2.26. The largest absolute Gasteiger partial charge is 0.494 e. The Bertz CT molecular complexity index is 764. The Balaban J connectivity index is 2.50. The number of hydrogen-bond donors (Lipinski definition) is 2. The molecule has 0 radical (unpaired) electrons. The van der Waals surface area contributed by atoms with Crippen molar-refractivity contribution >= 4 is 22.8 Å². The van der Waals surface area contributed by atoms with E-state index >= 15 is 0 Å². The molecule has 130 valence electrons. The molecule has 0 bridgehead atoms. The second kappa shape index (κ2) is 7.38. The average molecular weight is 332 g/mol. The Labute approximate surface area is 141 Å². The summed E-state index contributed by atoms with van der Waals surface area (Å²) in [4.78, 5) is 23.9. The molecule has 6 nitrogen and oxygen atoms in total. The summed E-state index contributed by atoms with van der Waals surface area (Å²) in [6.07, 6.45) is 0.334. The van der Waals surface area contributed by atoms with Gasteiger partial charge in [0, 0.05) is 17.4 Å². The first-order valence-electron chi connectivity index (χ1n) is 8.23. The maximum absolute atomic E-state index is 12.7. The lowest BCUT2D eigenvalue weighted by Crippen LogP contribution is -2.41. The van der Waals surface area contributed by atoms with Crippen molar-refractivity contribution in [3.05, 3.63) is 29.5 Å². The number of benzene rings is 1. The van der Waals surface area contributed by atoms with Crippen molar-refractivity contribution in [1.29, 1.82) is 0 Å². The summed E-state index contributed by atoms with van der Waals surface area (Å²) < 4.78 is 7.45. The molecule has 24 heavy (non-hydrogen) atoms. The van der Waals surface area contributed by atoms with E-state index in [0.29, 0.717) is 25.3 Å². The number of carboxylic acids is 1. The van der Waals surface area contributed by atoms with Crippen LogP contribution in [0.15, 0.2) is 18.2 Å². The molecule has 0 aliphatic heterocycles. The maximum Gasteiger partial charge on any atom is 0.326 e. The van der Waals surface area contributed by atoms with E-state index in [0.717, 1.165) is 22.2 Å². The normalized spacial score (nSPS) is 12.2. The zero-order chi connectivity index (χ0) is 17.9. The van der Waals surface area contributed by atoms with Crippen LogP contribution in [0, 0.1) is 6.92 Å². The van der Waals surface area contributed by atoms with Crippen LogP contribution in [-0.4, -0.2) is 34.2 Å². The third-order valence-electron chi connectivity index (χ3n) is 4.14. The van der Waals surface area contributed by atoms with Crippen LogP contribution in [0.2, 0.25) is 0 Å². The van der Waals surface area contributed by atoms with Gasteiger partial charge >= 0.3 is 5.97 Å². The van der Waals surface area contributed by atoms with Crippen molar-refractivity contribution in [3.63, 3.8) is 0 Å². The summed E-state index contributed by atoms with van der Waals surface area (Å²) in [6, 6.07) is 4.85. The number of ether oxygens (including phenoxy) is 1. The van der Waals surface area contributed by atoms with Gasteiger partial charge < -0.3 is 19.7 Å². The van der Waals surface area contributed by atoms with Crippen LogP contribution in [0.4, 0.5) is 0 Å². The van der Waals surface area contributed by atoms with Gasteiger partial charge in [-0.3, -0.25) is 4.79 Å². The lowest BCUT2D eigenvalue weighted by atomic mass is 10.1. The van der Waals surface area contributed by atoms with Crippen molar-refractivity contribution in [3.8, 4) is 5.75 Å². The highest BCUT2D eigenvalue weighted by atomic mass is 16.5. The zero-order valence-electron chi connectivity index (χ0n) is 14.5. The zero-order valence-corrected chi connectivity index (χ0v) is 14.5. The van der Waals surface area contributed by atoms with Gasteiger partial charge in [-0.25, -0.2) is 4.79 Å². The number of carbonyl (C=O) groups is 2. The quantitative estimate of drug-likeness (QED) is 0.817. The lowest BCUT2D eigenvalue weighted by molar-refractivity contribution is -0.139. The second-order valence-electron chi connectivity index (χ2n) is 5.60. The summed E-state index contributed by atoms with van der Waals surface area (Å²) in [7, 11) is 0. The van der Waals surface area contributed by atoms with E-state index in [4.69, 9.17) is 9.84 Å². The number of rotatable bonds is 7. The molecule has 2 N–H and O–H groups in total. The molecule has 0 aliphatic carbocycles. The summed E-state index contributed by atoms with van der Waals surface area (Å²) in [6.45, 7) is 8.68. The standard InChI is InChI=1S/C18H24N2O4/c1-5-14(18(22)23)19-17(21)16-11(4)13-10-12(24-7-3)8-9-15(13)20(16)6-2/h8-10,14H,5-7H2,1-4H3,(H,19,21)(H,22,23). The second-order valence-corrected chi connectivity index (χ2v) is 5.60. The molecule has 0 aliphatic rings. The van der Waals surface area contributed by atoms with Gasteiger partial charge in [0.2, 0.25) is 0 Å². The minimum atomic E-state index is -1.03. The van der Waals surface area contributed by atoms with Crippen LogP contribution >= 0.6 is 0 Å². The van der Waals surface area contributed by atoms with Gasteiger partial charge in [-0.05, 0) is 51.0 Å². The van der Waals surface area contributed by atoms with Gasteiger partial charge in [-0.15, -0.1) is 0 Å². The van der Waals surface area contributed by atoms with Crippen molar-refractivity contribution < 1.29 is 19.4 Å². The molecule has 1 amide bonds. The third-order valence-corrected chi connectivity index (χ3v) is 4.14. The highest BCUT2D eigenvalue weighted by Gasteiger charge is 2.24. The Morgan fingerprint density at radius 3 is 2.54 bits per heavy atom. The van der Waals surface area contributed by atoms with Crippen LogP contribution in [0.3, 0.4) is 0 Å². The minimum absolute atomic E-state index is 0.334. The Morgan fingerprint density at radius 1 is 1.29 bits per heavy atom. The molecule has 2 rings (SSSR count). The topological polar surface area (TPSA) is 80.6 Å². The Morgan fingerprint density at radius 2 is 2.00 bits per heavy atom. The number of hydrogen-bond acceptors (Lipinski definition) is 3. The number of amides is 1. The van der Waals surface area contributed by atoms with E-state index < -0.39 is 12.0 Å². The number of carboxylic acid groups (broad SMARTS) is 1. The molecule has 1 atom stereocenters. The van der Waals surface area contributed by atoms with Crippen molar-refractivity contribution in [2.45, 2.75) is 46.7 Å². The summed E-state index contributed by atoms with van der Waals surface area (Å²) in [5.74, 6) is -0.635. The molecule has 2 aromatic rings. The van der Waals surface area contributed by atoms with Crippen LogP contribution in [0.1, 0.15) is 43.2 Å². The van der Waals surface area contributed by atoms with E-state index in [1.807, 2.05) is 43.5 Å². The van der Waals surface area contributed by atoms with Crippen LogP contribution in [0.25, 0.3) is 10.9 Å². The van der Waals surface area contributed by atoms with E-state index in [9.17, 15) is 9.59 Å². The van der Waals surface area contributed by atoms with Gasteiger partial charge in [0.1, 0.15) is 17.5 Å². The molecule has 0 saturated heterocycles. The smallest absolute Gasteiger partial charge is 0.326 e. The van der Waals surface area contributed by atoms with Crippen molar-refractivity contribution in [2.24, 2.45) is 0 Å².